The maximum Gasteiger partial charge on any atom is 0.273 e. The molecule has 0 aromatic carbocycles. The highest BCUT2D eigenvalue weighted by Gasteiger charge is 2.18. The molecule has 1 rings (SSSR count). The molecule has 84 valence electrons. The monoisotopic (exact) mass is 227 g/mol. The zero-order valence-corrected chi connectivity index (χ0v) is 10.3. The fourth-order valence-corrected chi connectivity index (χ4v) is 1.76. The molecule has 0 saturated heterocycles. The summed E-state index contributed by atoms with van der Waals surface area (Å²) in [5.41, 5.74) is 6.18. The summed E-state index contributed by atoms with van der Waals surface area (Å²) in [6, 6.07) is 0.0684. The second kappa shape index (κ2) is 4.72. The number of hydrogen-bond acceptors (Lipinski definition) is 4. The van der Waals surface area contributed by atoms with Gasteiger partial charge in [-0.3, -0.25) is 4.79 Å². The lowest BCUT2D eigenvalue weighted by Gasteiger charge is -2.20. The summed E-state index contributed by atoms with van der Waals surface area (Å²) >= 11 is 1.43. The molecule has 0 bridgehead atoms. The van der Waals surface area contributed by atoms with Crippen LogP contribution in [0.3, 0.4) is 0 Å². The van der Waals surface area contributed by atoms with Gasteiger partial charge in [0.1, 0.15) is 10.7 Å². The van der Waals surface area contributed by atoms with Gasteiger partial charge in [0.15, 0.2) is 0 Å². The van der Waals surface area contributed by atoms with Gasteiger partial charge in [0.2, 0.25) is 0 Å². The predicted molar refractivity (Wildman–Crippen MR) is 61.9 cm³/mol. The number of carbonyl (C=O) groups is 1. The Morgan fingerprint density at radius 1 is 1.53 bits per heavy atom. The van der Waals surface area contributed by atoms with Crippen LogP contribution < -0.4 is 5.73 Å². The molecule has 0 saturated carbocycles. The Morgan fingerprint density at radius 2 is 2.13 bits per heavy atom. The van der Waals surface area contributed by atoms with Crippen molar-refractivity contribution >= 4 is 17.2 Å². The smallest absolute Gasteiger partial charge is 0.273 e. The predicted octanol–water partition coefficient (Wildman–Crippen LogP) is 1.64. The maximum atomic E-state index is 11.9. The van der Waals surface area contributed by atoms with Gasteiger partial charge in [-0.05, 0) is 20.8 Å². The summed E-state index contributed by atoms with van der Waals surface area (Å²) in [4.78, 5) is 17.7. The van der Waals surface area contributed by atoms with E-state index < -0.39 is 0 Å². The van der Waals surface area contributed by atoms with E-state index in [-0.39, 0.29) is 18.0 Å². The number of rotatable bonds is 3. The van der Waals surface area contributed by atoms with E-state index in [9.17, 15) is 4.79 Å². The van der Waals surface area contributed by atoms with Gasteiger partial charge in [0, 0.05) is 18.5 Å². The van der Waals surface area contributed by atoms with Crippen LogP contribution in [0.5, 0.6) is 0 Å². The Kier molecular flexibility index (Phi) is 3.82. The second-order valence-electron chi connectivity index (χ2n) is 3.87. The highest BCUT2D eigenvalue weighted by Crippen LogP contribution is 2.17. The number of thiazole rings is 1. The van der Waals surface area contributed by atoms with Crippen molar-refractivity contribution < 1.29 is 4.79 Å². The Morgan fingerprint density at radius 3 is 2.53 bits per heavy atom. The molecule has 0 radical (unpaired) electrons. The van der Waals surface area contributed by atoms with Crippen molar-refractivity contribution in [3.05, 3.63) is 16.1 Å². The van der Waals surface area contributed by atoms with Crippen molar-refractivity contribution in [2.75, 3.05) is 7.05 Å². The lowest BCUT2D eigenvalue weighted by atomic mass is 10.3. The SMILES string of the molecule is CC(N)c1nc(C(=O)N(C)C(C)C)cs1. The standard InChI is InChI=1S/C10H17N3OS/c1-6(2)13(4)10(14)8-5-15-9(12-8)7(3)11/h5-7H,11H2,1-4H3. The zero-order valence-electron chi connectivity index (χ0n) is 9.52. The fraction of sp³-hybridized carbons (Fsp3) is 0.600. The number of hydrogen-bond donors (Lipinski definition) is 1. The molecule has 1 atom stereocenters. The summed E-state index contributed by atoms with van der Waals surface area (Å²) in [6.45, 7) is 5.80. The minimum atomic E-state index is -0.110. The summed E-state index contributed by atoms with van der Waals surface area (Å²) in [5.74, 6) is -0.0480. The largest absolute Gasteiger partial charge is 0.338 e. The highest BCUT2D eigenvalue weighted by molar-refractivity contribution is 7.09. The molecule has 0 aliphatic heterocycles. The van der Waals surface area contributed by atoms with E-state index >= 15 is 0 Å². The Balaban J connectivity index is 2.83. The molecule has 1 aromatic rings. The number of nitrogens with zero attached hydrogens (tertiary/aromatic N) is 2. The molecule has 0 fully saturated rings. The van der Waals surface area contributed by atoms with Crippen LogP contribution in [0, 0.1) is 0 Å². The molecule has 1 amide bonds. The Hall–Kier alpha value is -0.940. The molecule has 15 heavy (non-hydrogen) atoms. The van der Waals surface area contributed by atoms with Gasteiger partial charge in [-0.1, -0.05) is 0 Å². The number of nitrogens with two attached hydrogens (primary N) is 1. The summed E-state index contributed by atoms with van der Waals surface area (Å²) in [6.07, 6.45) is 0. The molecule has 0 spiro atoms. The zero-order chi connectivity index (χ0) is 11.6. The summed E-state index contributed by atoms with van der Waals surface area (Å²) in [7, 11) is 1.78. The van der Waals surface area contributed by atoms with Gasteiger partial charge in [-0.15, -0.1) is 11.3 Å². The molecule has 0 aliphatic carbocycles. The molecule has 2 N–H and O–H groups in total. The summed E-state index contributed by atoms with van der Waals surface area (Å²) < 4.78 is 0. The van der Waals surface area contributed by atoms with Crippen LogP contribution in [0.4, 0.5) is 0 Å². The lowest BCUT2D eigenvalue weighted by molar-refractivity contribution is 0.0749. The third-order valence-electron chi connectivity index (χ3n) is 2.23. The van der Waals surface area contributed by atoms with Gasteiger partial charge in [0.05, 0.1) is 6.04 Å². The van der Waals surface area contributed by atoms with Gasteiger partial charge in [0.25, 0.3) is 5.91 Å². The first-order valence-electron chi connectivity index (χ1n) is 4.91. The molecule has 1 aromatic heterocycles. The first-order chi connectivity index (χ1) is 6.93. The third-order valence-corrected chi connectivity index (χ3v) is 3.27. The van der Waals surface area contributed by atoms with Crippen molar-refractivity contribution in [2.24, 2.45) is 5.73 Å². The lowest BCUT2D eigenvalue weighted by Crippen LogP contribution is -2.33. The van der Waals surface area contributed by atoms with E-state index in [0.29, 0.717) is 5.69 Å². The van der Waals surface area contributed by atoms with E-state index in [1.54, 1.807) is 17.3 Å². The third kappa shape index (κ3) is 2.76. The van der Waals surface area contributed by atoms with Gasteiger partial charge in [-0.25, -0.2) is 4.98 Å². The van der Waals surface area contributed by atoms with Crippen LogP contribution in [0.15, 0.2) is 5.38 Å². The minimum absolute atomic E-state index is 0.0480. The first kappa shape index (κ1) is 12.1. The summed E-state index contributed by atoms with van der Waals surface area (Å²) in [5, 5.41) is 2.57. The van der Waals surface area contributed by atoms with Crippen molar-refractivity contribution in [3.8, 4) is 0 Å². The quantitative estimate of drug-likeness (QED) is 0.854. The molecule has 1 unspecified atom stereocenters. The van der Waals surface area contributed by atoms with Gasteiger partial charge in [-0.2, -0.15) is 0 Å². The minimum Gasteiger partial charge on any atom is -0.338 e. The van der Waals surface area contributed by atoms with Crippen molar-refractivity contribution in [1.29, 1.82) is 0 Å². The van der Waals surface area contributed by atoms with E-state index in [2.05, 4.69) is 4.98 Å². The number of amides is 1. The van der Waals surface area contributed by atoms with Crippen molar-refractivity contribution in [3.63, 3.8) is 0 Å². The molecular weight excluding hydrogens is 210 g/mol. The van der Waals surface area contributed by atoms with Crippen LogP contribution in [-0.4, -0.2) is 28.9 Å². The average molecular weight is 227 g/mol. The van der Waals surface area contributed by atoms with E-state index in [4.69, 9.17) is 5.73 Å². The van der Waals surface area contributed by atoms with E-state index in [0.717, 1.165) is 5.01 Å². The van der Waals surface area contributed by atoms with Crippen LogP contribution in [-0.2, 0) is 0 Å². The van der Waals surface area contributed by atoms with Gasteiger partial charge >= 0.3 is 0 Å². The Labute approximate surface area is 94.1 Å². The second-order valence-corrected chi connectivity index (χ2v) is 4.76. The highest BCUT2D eigenvalue weighted by atomic mass is 32.1. The number of carbonyl (C=O) groups excluding carboxylic acids is 1. The van der Waals surface area contributed by atoms with Gasteiger partial charge < -0.3 is 10.6 Å². The molecular formula is C10H17N3OS. The maximum absolute atomic E-state index is 11.9. The van der Waals surface area contributed by atoms with Crippen molar-refractivity contribution in [2.45, 2.75) is 32.9 Å². The van der Waals surface area contributed by atoms with E-state index in [1.165, 1.54) is 11.3 Å². The molecule has 4 nitrogen and oxygen atoms in total. The topological polar surface area (TPSA) is 59.2 Å². The Bertz CT molecular complexity index is 346. The van der Waals surface area contributed by atoms with Crippen LogP contribution in [0.2, 0.25) is 0 Å². The fourth-order valence-electron chi connectivity index (χ4n) is 1.01. The molecule has 0 aliphatic rings. The molecule has 5 heteroatoms. The molecule has 1 heterocycles. The normalized spacial score (nSPS) is 12.9. The van der Waals surface area contributed by atoms with Crippen LogP contribution >= 0.6 is 11.3 Å². The number of aromatic nitrogens is 1. The first-order valence-corrected chi connectivity index (χ1v) is 5.79. The van der Waals surface area contributed by atoms with Crippen LogP contribution in [0.1, 0.15) is 42.3 Å². The van der Waals surface area contributed by atoms with Crippen molar-refractivity contribution in [1.82, 2.24) is 9.88 Å². The average Bonchev–Trinajstić information content (AvgIpc) is 2.64. The van der Waals surface area contributed by atoms with Crippen LogP contribution in [0.25, 0.3) is 0 Å². The van der Waals surface area contributed by atoms with E-state index in [1.807, 2.05) is 20.8 Å².